The molecule has 1 heterocycles. The molecule has 6 nitrogen and oxygen atoms in total. The Balaban J connectivity index is 2.23. The van der Waals surface area contributed by atoms with Crippen LogP contribution in [0.2, 0.25) is 0 Å². The van der Waals surface area contributed by atoms with E-state index in [0.717, 1.165) is 11.1 Å². The van der Waals surface area contributed by atoms with Crippen molar-refractivity contribution in [3.63, 3.8) is 0 Å². The molecule has 0 N–H and O–H groups in total. The van der Waals surface area contributed by atoms with Crippen LogP contribution in [-0.4, -0.2) is 57.4 Å². The second kappa shape index (κ2) is 6.88. The first-order valence-electron chi connectivity index (χ1n) is 7.73. The van der Waals surface area contributed by atoms with Crippen LogP contribution in [0, 0.1) is 13.8 Å². The summed E-state index contributed by atoms with van der Waals surface area (Å²) in [6.45, 7) is 6.52. The number of aryl methyl sites for hydroxylation is 2. The van der Waals surface area contributed by atoms with Gasteiger partial charge in [-0.15, -0.1) is 0 Å². The lowest BCUT2D eigenvalue weighted by atomic mass is 10.1. The minimum atomic E-state index is -3.59. The Kier molecular flexibility index (Phi) is 5.50. The summed E-state index contributed by atoms with van der Waals surface area (Å²) in [5, 5.41) is 0. The van der Waals surface area contributed by atoms with Gasteiger partial charge in [-0.1, -0.05) is 6.07 Å². The lowest BCUT2D eigenvalue weighted by molar-refractivity contribution is 0.405. The third-order valence-electron chi connectivity index (χ3n) is 4.29. The molecular formula is C15H24N2O4S2. The molecule has 0 radical (unpaired) electrons. The zero-order valence-corrected chi connectivity index (χ0v) is 15.5. The summed E-state index contributed by atoms with van der Waals surface area (Å²) in [6, 6.07) is 5.09. The predicted octanol–water partition coefficient (Wildman–Crippen LogP) is 1.35. The summed E-state index contributed by atoms with van der Waals surface area (Å²) < 4.78 is 52.3. The summed E-state index contributed by atoms with van der Waals surface area (Å²) in [6.07, 6.45) is 0.503. The zero-order chi connectivity index (χ0) is 17.3. The third-order valence-corrected chi connectivity index (χ3v) is 8.06. The third kappa shape index (κ3) is 3.93. The van der Waals surface area contributed by atoms with Crippen LogP contribution in [0.5, 0.6) is 0 Å². The van der Waals surface area contributed by atoms with Gasteiger partial charge in [-0.2, -0.15) is 4.31 Å². The summed E-state index contributed by atoms with van der Waals surface area (Å²) >= 11 is 0. The van der Waals surface area contributed by atoms with Crippen LogP contribution in [0.1, 0.15) is 24.5 Å². The fourth-order valence-corrected chi connectivity index (χ4v) is 5.28. The Morgan fingerprint density at radius 3 is 2.13 bits per heavy atom. The van der Waals surface area contributed by atoms with Crippen molar-refractivity contribution < 1.29 is 16.8 Å². The van der Waals surface area contributed by atoms with E-state index >= 15 is 0 Å². The number of hydrogen-bond acceptors (Lipinski definition) is 4. The monoisotopic (exact) mass is 360 g/mol. The van der Waals surface area contributed by atoms with Crippen molar-refractivity contribution in [1.29, 1.82) is 0 Å². The average molecular weight is 361 g/mol. The Morgan fingerprint density at radius 2 is 1.52 bits per heavy atom. The standard InChI is InChI=1S/C15H24N2O4S2/c1-4-22(18,19)16-8-5-9-17(11-10-16)23(20,21)15-7-6-13(2)14(3)12-15/h6-7,12H,4-5,8-11H2,1-3H3. The minimum Gasteiger partial charge on any atom is -0.212 e. The van der Waals surface area contributed by atoms with Crippen molar-refractivity contribution in [3.05, 3.63) is 29.3 Å². The number of sulfonamides is 2. The lowest BCUT2D eigenvalue weighted by Gasteiger charge is -2.21. The second-order valence-corrected chi connectivity index (χ2v) is 10.00. The highest BCUT2D eigenvalue weighted by molar-refractivity contribution is 7.89. The van der Waals surface area contributed by atoms with Gasteiger partial charge in [0.1, 0.15) is 0 Å². The van der Waals surface area contributed by atoms with Gasteiger partial charge in [0.15, 0.2) is 0 Å². The van der Waals surface area contributed by atoms with Crippen molar-refractivity contribution in [2.75, 3.05) is 31.9 Å². The van der Waals surface area contributed by atoms with E-state index in [9.17, 15) is 16.8 Å². The molecule has 1 aliphatic rings. The molecule has 0 bridgehead atoms. The average Bonchev–Trinajstić information content (AvgIpc) is 2.76. The lowest BCUT2D eigenvalue weighted by Crippen LogP contribution is -2.37. The van der Waals surface area contributed by atoms with Crippen molar-refractivity contribution >= 4 is 20.0 Å². The molecule has 1 aliphatic heterocycles. The summed E-state index contributed by atoms with van der Waals surface area (Å²) in [5.74, 6) is 0.0386. The van der Waals surface area contributed by atoms with Crippen LogP contribution in [0.15, 0.2) is 23.1 Å². The van der Waals surface area contributed by atoms with Gasteiger partial charge >= 0.3 is 0 Å². The molecule has 1 aromatic rings. The number of hydrogen-bond donors (Lipinski definition) is 0. The van der Waals surface area contributed by atoms with Gasteiger partial charge < -0.3 is 0 Å². The Morgan fingerprint density at radius 1 is 0.913 bits per heavy atom. The van der Waals surface area contributed by atoms with Crippen LogP contribution >= 0.6 is 0 Å². The normalized spacial score (nSPS) is 18.7. The summed E-state index contributed by atoms with van der Waals surface area (Å²) in [7, 11) is -6.87. The number of rotatable bonds is 4. The maximum Gasteiger partial charge on any atom is 0.243 e. The molecule has 0 aliphatic carbocycles. The van der Waals surface area contributed by atoms with E-state index in [1.165, 1.54) is 8.61 Å². The highest BCUT2D eigenvalue weighted by Gasteiger charge is 2.30. The van der Waals surface area contributed by atoms with E-state index in [2.05, 4.69) is 0 Å². The fourth-order valence-electron chi connectivity index (χ4n) is 2.59. The number of nitrogens with zero attached hydrogens (tertiary/aromatic N) is 2. The molecule has 0 unspecified atom stereocenters. The molecular weight excluding hydrogens is 336 g/mol. The second-order valence-electron chi connectivity index (χ2n) is 5.80. The van der Waals surface area contributed by atoms with Gasteiger partial charge in [-0.3, -0.25) is 0 Å². The van der Waals surface area contributed by atoms with E-state index in [0.29, 0.717) is 19.5 Å². The van der Waals surface area contributed by atoms with Gasteiger partial charge in [0, 0.05) is 26.2 Å². The van der Waals surface area contributed by atoms with Gasteiger partial charge in [0.25, 0.3) is 0 Å². The molecule has 1 saturated heterocycles. The van der Waals surface area contributed by atoms with E-state index in [1.807, 2.05) is 13.8 Å². The first kappa shape index (κ1) is 18.4. The van der Waals surface area contributed by atoms with Crippen LogP contribution in [0.25, 0.3) is 0 Å². The van der Waals surface area contributed by atoms with Crippen LogP contribution < -0.4 is 0 Å². The molecule has 0 saturated carbocycles. The maximum atomic E-state index is 12.8. The molecule has 0 aromatic heterocycles. The van der Waals surface area contributed by atoms with E-state index in [-0.39, 0.29) is 23.7 Å². The summed E-state index contributed by atoms with van der Waals surface area (Å²) in [4.78, 5) is 0.271. The maximum absolute atomic E-state index is 12.8. The highest BCUT2D eigenvalue weighted by atomic mass is 32.2. The molecule has 0 atom stereocenters. The minimum absolute atomic E-state index is 0.0386. The largest absolute Gasteiger partial charge is 0.243 e. The molecule has 0 spiro atoms. The van der Waals surface area contributed by atoms with Crippen molar-refractivity contribution in [1.82, 2.24) is 8.61 Å². The molecule has 1 fully saturated rings. The SMILES string of the molecule is CCS(=O)(=O)N1CCCN(S(=O)(=O)c2ccc(C)c(C)c2)CC1. The molecule has 2 rings (SSSR count). The van der Waals surface area contributed by atoms with Crippen molar-refractivity contribution in [2.45, 2.75) is 32.1 Å². The van der Waals surface area contributed by atoms with Gasteiger partial charge in [-0.05, 0) is 50.5 Å². The van der Waals surface area contributed by atoms with Crippen LogP contribution in [0.4, 0.5) is 0 Å². The first-order valence-corrected chi connectivity index (χ1v) is 10.8. The molecule has 1 aromatic carbocycles. The van der Waals surface area contributed by atoms with E-state index in [1.54, 1.807) is 25.1 Å². The van der Waals surface area contributed by atoms with Crippen LogP contribution in [-0.2, 0) is 20.0 Å². The smallest absolute Gasteiger partial charge is 0.212 e. The highest BCUT2D eigenvalue weighted by Crippen LogP contribution is 2.21. The molecule has 130 valence electrons. The van der Waals surface area contributed by atoms with E-state index < -0.39 is 20.0 Å². The Labute approximate surface area is 139 Å². The molecule has 0 amide bonds. The predicted molar refractivity (Wildman–Crippen MR) is 90.3 cm³/mol. The summed E-state index contributed by atoms with van der Waals surface area (Å²) in [5.41, 5.74) is 1.97. The van der Waals surface area contributed by atoms with Crippen LogP contribution in [0.3, 0.4) is 0 Å². The Bertz CT molecular complexity index is 773. The Hall–Kier alpha value is -0.960. The zero-order valence-electron chi connectivity index (χ0n) is 13.8. The van der Waals surface area contributed by atoms with Crippen molar-refractivity contribution in [3.8, 4) is 0 Å². The molecule has 8 heteroatoms. The van der Waals surface area contributed by atoms with E-state index in [4.69, 9.17) is 0 Å². The van der Waals surface area contributed by atoms with Gasteiger partial charge in [0.2, 0.25) is 20.0 Å². The fraction of sp³-hybridized carbons (Fsp3) is 0.600. The quantitative estimate of drug-likeness (QED) is 0.812. The van der Waals surface area contributed by atoms with Gasteiger partial charge in [-0.25, -0.2) is 21.1 Å². The number of benzene rings is 1. The van der Waals surface area contributed by atoms with Crippen molar-refractivity contribution in [2.24, 2.45) is 0 Å². The molecule has 23 heavy (non-hydrogen) atoms. The topological polar surface area (TPSA) is 74.8 Å². The first-order chi connectivity index (χ1) is 10.7. The van der Waals surface area contributed by atoms with Gasteiger partial charge in [0.05, 0.1) is 10.6 Å².